The van der Waals surface area contributed by atoms with E-state index in [1.165, 1.54) is 0 Å². The highest BCUT2D eigenvalue weighted by Crippen LogP contribution is 2.42. The maximum Gasteiger partial charge on any atom is 0.230 e. The van der Waals surface area contributed by atoms with E-state index in [4.69, 9.17) is 4.52 Å². The first-order valence-corrected chi connectivity index (χ1v) is 9.01. The van der Waals surface area contributed by atoms with Crippen LogP contribution in [0.25, 0.3) is 0 Å². The van der Waals surface area contributed by atoms with Crippen molar-refractivity contribution in [2.24, 2.45) is 0 Å². The van der Waals surface area contributed by atoms with Crippen LogP contribution >= 0.6 is 0 Å². The molecule has 0 N–H and O–H groups in total. The summed E-state index contributed by atoms with van der Waals surface area (Å²) < 4.78 is 5.61. The number of rotatable bonds is 4. The van der Waals surface area contributed by atoms with E-state index in [-0.39, 0.29) is 11.7 Å². The summed E-state index contributed by atoms with van der Waals surface area (Å²) in [6.07, 6.45) is 2.97. The smallest absolute Gasteiger partial charge is 0.230 e. The van der Waals surface area contributed by atoms with Gasteiger partial charge in [-0.15, -0.1) is 0 Å². The zero-order valence-corrected chi connectivity index (χ0v) is 15.1. The number of nitrogens with zero attached hydrogens (tertiary/aromatic N) is 2. The van der Waals surface area contributed by atoms with E-state index >= 15 is 0 Å². The molecule has 1 aliphatic rings. The molecule has 3 aromatic rings. The summed E-state index contributed by atoms with van der Waals surface area (Å²) in [5, 5.41) is 4.28. The Hall–Kier alpha value is -2.88. The zero-order valence-electron chi connectivity index (χ0n) is 15.1. The lowest BCUT2D eigenvalue weighted by molar-refractivity contribution is 0.103. The van der Waals surface area contributed by atoms with E-state index in [0.717, 1.165) is 47.5 Å². The minimum atomic E-state index is 0.0659. The van der Waals surface area contributed by atoms with Crippen molar-refractivity contribution >= 4 is 11.7 Å². The SMILES string of the molecule is CN(C)c1onc2c1C(c1ccccc1C(=O)c1ccccc1)CCC2. The fourth-order valence-corrected chi connectivity index (χ4v) is 3.85. The number of aromatic nitrogens is 1. The molecule has 1 unspecified atom stereocenters. The van der Waals surface area contributed by atoms with Crippen molar-refractivity contribution in [3.8, 4) is 0 Å². The number of benzene rings is 2. The second kappa shape index (κ2) is 6.79. The van der Waals surface area contributed by atoms with E-state index in [0.29, 0.717) is 5.56 Å². The molecule has 4 nitrogen and oxygen atoms in total. The minimum absolute atomic E-state index is 0.0659. The molecule has 0 spiro atoms. The highest BCUT2D eigenvalue weighted by atomic mass is 16.5. The fourth-order valence-electron chi connectivity index (χ4n) is 3.85. The number of fused-ring (bicyclic) bond motifs is 1. The zero-order chi connectivity index (χ0) is 18.1. The number of aryl methyl sites for hydroxylation is 1. The van der Waals surface area contributed by atoms with Crippen LogP contribution in [0.4, 0.5) is 5.88 Å². The second-order valence-electron chi connectivity index (χ2n) is 6.97. The molecule has 26 heavy (non-hydrogen) atoms. The van der Waals surface area contributed by atoms with Gasteiger partial charge in [0.2, 0.25) is 5.88 Å². The first-order chi connectivity index (χ1) is 12.7. The van der Waals surface area contributed by atoms with Crippen molar-refractivity contribution in [3.05, 3.63) is 82.5 Å². The molecule has 4 heteroatoms. The van der Waals surface area contributed by atoms with E-state index < -0.39 is 0 Å². The Bertz CT molecular complexity index is 928. The van der Waals surface area contributed by atoms with Crippen LogP contribution in [0.1, 0.15) is 51.5 Å². The lowest BCUT2D eigenvalue weighted by Crippen LogP contribution is -2.18. The van der Waals surface area contributed by atoms with Crippen molar-refractivity contribution < 1.29 is 9.32 Å². The van der Waals surface area contributed by atoms with Gasteiger partial charge in [-0.05, 0) is 24.8 Å². The Morgan fingerprint density at radius 2 is 1.81 bits per heavy atom. The van der Waals surface area contributed by atoms with Crippen LogP contribution in [0.15, 0.2) is 59.1 Å². The maximum absolute atomic E-state index is 13.1. The number of anilines is 1. The Labute approximate surface area is 153 Å². The third kappa shape index (κ3) is 2.81. The highest BCUT2D eigenvalue weighted by molar-refractivity contribution is 6.10. The number of hydrogen-bond acceptors (Lipinski definition) is 4. The van der Waals surface area contributed by atoms with Gasteiger partial charge in [-0.2, -0.15) is 0 Å². The number of hydrogen-bond donors (Lipinski definition) is 0. The average Bonchev–Trinajstić information content (AvgIpc) is 3.13. The van der Waals surface area contributed by atoms with Crippen LogP contribution in [-0.4, -0.2) is 25.0 Å². The average molecular weight is 346 g/mol. The number of carbonyl (C=O) groups excluding carboxylic acids is 1. The largest absolute Gasteiger partial charge is 0.346 e. The molecule has 132 valence electrons. The summed E-state index contributed by atoms with van der Waals surface area (Å²) in [5.41, 5.74) is 4.70. The first-order valence-electron chi connectivity index (χ1n) is 9.01. The van der Waals surface area contributed by atoms with Gasteiger partial charge in [0.1, 0.15) is 0 Å². The van der Waals surface area contributed by atoms with E-state index in [2.05, 4.69) is 11.2 Å². The fraction of sp³-hybridized carbons (Fsp3) is 0.273. The summed E-state index contributed by atoms with van der Waals surface area (Å²) in [6, 6.07) is 17.4. The molecule has 1 heterocycles. The standard InChI is InChI=1S/C22H22N2O2/c1-24(2)22-20-17(13-8-14-19(20)23-26-22)16-11-6-7-12-18(16)21(25)15-9-4-3-5-10-15/h3-7,9-12,17H,8,13-14H2,1-2H3. The molecular weight excluding hydrogens is 324 g/mol. The summed E-state index contributed by atoms with van der Waals surface area (Å²) in [5.74, 6) is 0.995. The minimum Gasteiger partial charge on any atom is -0.346 e. The van der Waals surface area contributed by atoms with Gasteiger partial charge in [0.15, 0.2) is 5.78 Å². The van der Waals surface area contributed by atoms with E-state index in [1.807, 2.05) is 67.5 Å². The van der Waals surface area contributed by atoms with Crippen molar-refractivity contribution in [1.29, 1.82) is 0 Å². The van der Waals surface area contributed by atoms with E-state index in [1.54, 1.807) is 0 Å². The molecule has 0 aliphatic heterocycles. The first kappa shape index (κ1) is 16.6. The lowest BCUT2D eigenvalue weighted by Gasteiger charge is -2.25. The molecule has 0 saturated carbocycles. The summed E-state index contributed by atoms with van der Waals surface area (Å²) in [7, 11) is 3.93. The number of carbonyl (C=O) groups is 1. The summed E-state index contributed by atoms with van der Waals surface area (Å²) >= 11 is 0. The monoisotopic (exact) mass is 346 g/mol. The van der Waals surface area contributed by atoms with Gasteiger partial charge in [0, 0.05) is 36.7 Å². The van der Waals surface area contributed by atoms with Gasteiger partial charge in [0.25, 0.3) is 0 Å². The lowest BCUT2D eigenvalue weighted by atomic mass is 9.79. The van der Waals surface area contributed by atoms with Gasteiger partial charge in [-0.1, -0.05) is 59.8 Å². The molecule has 4 rings (SSSR count). The molecule has 0 radical (unpaired) electrons. The maximum atomic E-state index is 13.1. The van der Waals surface area contributed by atoms with E-state index in [9.17, 15) is 4.79 Å². The Morgan fingerprint density at radius 3 is 2.58 bits per heavy atom. The Kier molecular flexibility index (Phi) is 4.33. The van der Waals surface area contributed by atoms with Gasteiger partial charge in [0.05, 0.1) is 5.69 Å². The quantitative estimate of drug-likeness (QED) is 0.655. The third-order valence-electron chi connectivity index (χ3n) is 5.06. The van der Waals surface area contributed by atoms with Crippen LogP contribution in [-0.2, 0) is 6.42 Å². The van der Waals surface area contributed by atoms with Crippen molar-refractivity contribution in [2.45, 2.75) is 25.2 Å². The predicted octanol–water partition coefficient (Wildman–Crippen LogP) is 4.44. The van der Waals surface area contributed by atoms with Crippen molar-refractivity contribution in [2.75, 3.05) is 19.0 Å². The van der Waals surface area contributed by atoms with Crippen LogP contribution in [0.3, 0.4) is 0 Å². The Morgan fingerprint density at radius 1 is 1.08 bits per heavy atom. The molecule has 2 aromatic carbocycles. The van der Waals surface area contributed by atoms with Crippen molar-refractivity contribution in [1.82, 2.24) is 5.16 Å². The summed E-state index contributed by atoms with van der Waals surface area (Å²) in [4.78, 5) is 15.1. The molecular formula is C22H22N2O2. The normalized spacial score (nSPS) is 16.2. The Balaban J connectivity index is 1.82. The van der Waals surface area contributed by atoms with Crippen molar-refractivity contribution in [3.63, 3.8) is 0 Å². The highest BCUT2D eigenvalue weighted by Gasteiger charge is 2.32. The number of ketones is 1. The molecule has 1 aromatic heterocycles. The van der Waals surface area contributed by atoms with Crippen LogP contribution in [0.5, 0.6) is 0 Å². The van der Waals surface area contributed by atoms with Crippen LogP contribution in [0.2, 0.25) is 0 Å². The summed E-state index contributed by atoms with van der Waals surface area (Å²) in [6.45, 7) is 0. The van der Waals surface area contributed by atoms with Gasteiger partial charge in [-0.25, -0.2) is 0 Å². The second-order valence-corrected chi connectivity index (χ2v) is 6.97. The molecule has 1 aliphatic carbocycles. The van der Waals surface area contributed by atoms with Gasteiger partial charge < -0.3 is 9.42 Å². The third-order valence-corrected chi connectivity index (χ3v) is 5.06. The van der Waals surface area contributed by atoms with Crippen LogP contribution < -0.4 is 4.90 Å². The predicted molar refractivity (Wildman–Crippen MR) is 102 cm³/mol. The molecule has 0 saturated heterocycles. The van der Waals surface area contributed by atoms with Gasteiger partial charge >= 0.3 is 0 Å². The molecule has 0 fully saturated rings. The molecule has 1 atom stereocenters. The van der Waals surface area contributed by atoms with Crippen LogP contribution in [0, 0.1) is 0 Å². The topological polar surface area (TPSA) is 46.3 Å². The molecule has 0 bridgehead atoms. The molecule has 0 amide bonds. The van der Waals surface area contributed by atoms with Gasteiger partial charge in [-0.3, -0.25) is 4.79 Å².